The molecule has 1 aliphatic carbocycles. The Morgan fingerprint density at radius 1 is 1.40 bits per heavy atom. The maximum absolute atomic E-state index is 11.3. The van der Waals surface area contributed by atoms with Gasteiger partial charge in [-0.3, -0.25) is 4.79 Å². The van der Waals surface area contributed by atoms with Gasteiger partial charge in [-0.25, -0.2) is 0 Å². The molecule has 0 spiro atoms. The molecule has 3 nitrogen and oxygen atoms in total. The lowest BCUT2D eigenvalue weighted by molar-refractivity contribution is 0.349. The Kier molecular flexibility index (Phi) is 3.02. The van der Waals surface area contributed by atoms with E-state index in [0.717, 1.165) is 18.4 Å². The molecule has 0 aliphatic heterocycles. The third-order valence-corrected chi connectivity index (χ3v) is 2.25. The van der Waals surface area contributed by atoms with Crippen molar-refractivity contribution >= 4 is 0 Å². The van der Waals surface area contributed by atoms with Crippen molar-refractivity contribution in [2.24, 2.45) is 0 Å². The van der Waals surface area contributed by atoms with Crippen molar-refractivity contribution in [3.63, 3.8) is 0 Å². The van der Waals surface area contributed by atoms with Gasteiger partial charge < -0.3 is 9.72 Å². The lowest BCUT2D eigenvalue weighted by Gasteiger charge is -2.08. The third kappa shape index (κ3) is 2.59. The van der Waals surface area contributed by atoms with Gasteiger partial charge in [-0.1, -0.05) is 18.2 Å². The number of nitrogens with one attached hydrogen (secondary N) is 1. The van der Waals surface area contributed by atoms with Gasteiger partial charge in [-0.15, -0.1) is 0 Å². The summed E-state index contributed by atoms with van der Waals surface area (Å²) in [5.41, 5.74) is 0.947. The summed E-state index contributed by atoms with van der Waals surface area (Å²) in [4.78, 5) is 13.8. The number of hydrogen-bond acceptors (Lipinski definition) is 2. The van der Waals surface area contributed by atoms with Gasteiger partial charge in [-0.2, -0.15) is 0 Å². The summed E-state index contributed by atoms with van der Waals surface area (Å²) in [6.07, 6.45) is 10.0. The summed E-state index contributed by atoms with van der Waals surface area (Å²) in [7, 11) is 0. The highest BCUT2D eigenvalue weighted by Gasteiger charge is 2.01. The zero-order valence-corrected chi connectivity index (χ0v) is 8.40. The average Bonchev–Trinajstić information content (AvgIpc) is 2.29. The number of aromatic amines is 1. The van der Waals surface area contributed by atoms with Crippen LogP contribution in [-0.4, -0.2) is 11.6 Å². The number of hydrogen-bond donors (Lipinski definition) is 1. The minimum absolute atomic E-state index is 0.183. The van der Waals surface area contributed by atoms with Crippen LogP contribution in [0, 0.1) is 0 Å². The molecule has 0 radical (unpaired) electrons. The first-order chi connectivity index (χ1) is 7.36. The van der Waals surface area contributed by atoms with Crippen LogP contribution in [0.3, 0.4) is 0 Å². The van der Waals surface area contributed by atoms with E-state index in [-0.39, 0.29) is 5.56 Å². The summed E-state index contributed by atoms with van der Waals surface area (Å²) in [5.74, 6) is 0.373. The molecular formula is C12H13NO2. The van der Waals surface area contributed by atoms with E-state index in [1.165, 1.54) is 0 Å². The third-order valence-electron chi connectivity index (χ3n) is 2.25. The van der Waals surface area contributed by atoms with Gasteiger partial charge in [0.25, 0.3) is 5.56 Å². The summed E-state index contributed by atoms with van der Waals surface area (Å²) in [5, 5.41) is 0. The van der Waals surface area contributed by atoms with Crippen LogP contribution in [0.15, 0.2) is 46.9 Å². The standard InChI is InChI=1S/C12H13NO2/c14-12-11(7-4-8-13-12)15-9-10-5-2-1-3-6-10/h2,4-8H,1,3,9H2,(H,13,14). The molecular weight excluding hydrogens is 190 g/mol. The van der Waals surface area contributed by atoms with Crippen LogP contribution in [0.25, 0.3) is 0 Å². The van der Waals surface area contributed by atoms with Crippen molar-refractivity contribution in [2.45, 2.75) is 12.8 Å². The van der Waals surface area contributed by atoms with Crippen LogP contribution in [0.1, 0.15) is 12.8 Å². The van der Waals surface area contributed by atoms with Crippen molar-refractivity contribution in [1.82, 2.24) is 4.98 Å². The summed E-state index contributed by atoms with van der Waals surface area (Å²) >= 11 is 0. The normalized spacial score (nSPS) is 14.8. The Morgan fingerprint density at radius 2 is 2.33 bits per heavy atom. The molecule has 0 saturated heterocycles. The van der Waals surface area contributed by atoms with E-state index in [0.29, 0.717) is 12.4 Å². The van der Waals surface area contributed by atoms with Crippen LogP contribution >= 0.6 is 0 Å². The molecule has 0 amide bonds. The number of aromatic nitrogens is 1. The fourth-order valence-corrected chi connectivity index (χ4v) is 1.46. The second kappa shape index (κ2) is 4.64. The van der Waals surface area contributed by atoms with Crippen molar-refractivity contribution in [1.29, 1.82) is 0 Å². The number of allylic oxidation sites excluding steroid dienone is 2. The van der Waals surface area contributed by atoms with E-state index >= 15 is 0 Å². The van der Waals surface area contributed by atoms with Crippen LogP contribution in [0.2, 0.25) is 0 Å². The molecule has 1 heterocycles. The zero-order valence-electron chi connectivity index (χ0n) is 8.40. The average molecular weight is 203 g/mol. The molecule has 0 bridgehead atoms. The van der Waals surface area contributed by atoms with Gasteiger partial charge in [0.1, 0.15) is 6.61 Å². The second-order valence-electron chi connectivity index (χ2n) is 3.41. The van der Waals surface area contributed by atoms with Gasteiger partial charge in [0.15, 0.2) is 5.75 Å². The Bertz CT molecular complexity index is 443. The Hall–Kier alpha value is -1.77. The number of rotatable bonds is 3. The highest BCUT2D eigenvalue weighted by molar-refractivity contribution is 5.24. The highest BCUT2D eigenvalue weighted by atomic mass is 16.5. The van der Waals surface area contributed by atoms with Gasteiger partial charge in [0.05, 0.1) is 0 Å². The van der Waals surface area contributed by atoms with Gasteiger partial charge in [0.2, 0.25) is 0 Å². The molecule has 2 rings (SSSR count). The predicted molar refractivity (Wildman–Crippen MR) is 59.0 cm³/mol. The van der Waals surface area contributed by atoms with E-state index in [1.807, 2.05) is 6.08 Å². The molecule has 1 aromatic heterocycles. The number of ether oxygens (including phenoxy) is 1. The molecule has 0 atom stereocenters. The van der Waals surface area contributed by atoms with Gasteiger partial charge in [-0.05, 0) is 30.5 Å². The lowest BCUT2D eigenvalue weighted by atomic mass is 10.1. The maximum Gasteiger partial charge on any atom is 0.290 e. The van der Waals surface area contributed by atoms with Crippen LogP contribution in [0.4, 0.5) is 0 Å². The largest absolute Gasteiger partial charge is 0.483 e. The first-order valence-corrected chi connectivity index (χ1v) is 5.02. The van der Waals surface area contributed by atoms with Crippen LogP contribution in [0.5, 0.6) is 5.75 Å². The van der Waals surface area contributed by atoms with Crippen molar-refractivity contribution in [2.75, 3.05) is 6.61 Å². The molecule has 1 aliphatic rings. The summed E-state index contributed by atoms with van der Waals surface area (Å²) in [6, 6.07) is 3.42. The fourth-order valence-electron chi connectivity index (χ4n) is 1.46. The van der Waals surface area contributed by atoms with Crippen LogP contribution < -0.4 is 10.3 Å². The molecule has 0 unspecified atom stereocenters. The van der Waals surface area contributed by atoms with Crippen molar-refractivity contribution in [3.05, 3.63) is 52.5 Å². The Labute approximate surface area is 88.1 Å². The first-order valence-electron chi connectivity index (χ1n) is 5.02. The predicted octanol–water partition coefficient (Wildman–Crippen LogP) is 2.03. The fraction of sp³-hybridized carbons (Fsp3) is 0.250. The molecule has 78 valence electrons. The lowest BCUT2D eigenvalue weighted by Crippen LogP contribution is -2.11. The quantitative estimate of drug-likeness (QED) is 0.816. The zero-order chi connectivity index (χ0) is 10.5. The van der Waals surface area contributed by atoms with E-state index in [1.54, 1.807) is 18.3 Å². The smallest absolute Gasteiger partial charge is 0.290 e. The molecule has 3 heteroatoms. The first kappa shape index (κ1) is 9.77. The van der Waals surface area contributed by atoms with E-state index in [9.17, 15) is 4.79 Å². The van der Waals surface area contributed by atoms with Gasteiger partial charge >= 0.3 is 0 Å². The summed E-state index contributed by atoms with van der Waals surface area (Å²) < 4.78 is 5.41. The Morgan fingerprint density at radius 3 is 3.07 bits per heavy atom. The molecule has 0 aromatic carbocycles. The van der Waals surface area contributed by atoms with Crippen LogP contribution in [-0.2, 0) is 0 Å². The van der Waals surface area contributed by atoms with E-state index < -0.39 is 0 Å². The minimum atomic E-state index is -0.183. The minimum Gasteiger partial charge on any atom is -0.483 e. The van der Waals surface area contributed by atoms with E-state index in [2.05, 4.69) is 17.1 Å². The monoisotopic (exact) mass is 203 g/mol. The van der Waals surface area contributed by atoms with Crippen molar-refractivity contribution < 1.29 is 4.74 Å². The molecule has 15 heavy (non-hydrogen) atoms. The second-order valence-corrected chi connectivity index (χ2v) is 3.41. The topological polar surface area (TPSA) is 42.1 Å². The maximum atomic E-state index is 11.3. The SMILES string of the molecule is O=c1[nH]cccc1OCC1=CCCC=C1. The van der Waals surface area contributed by atoms with Gasteiger partial charge in [0, 0.05) is 6.20 Å². The highest BCUT2D eigenvalue weighted by Crippen LogP contribution is 2.11. The molecule has 1 aromatic rings. The molecule has 0 fully saturated rings. The number of H-pyrrole nitrogens is 1. The van der Waals surface area contributed by atoms with Crippen molar-refractivity contribution in [3.8, 4) is 5.75 Å². The molecule has 1 N–H and O–H groups in total. The number of pyridine rings is 1. The van der Waals surface area contributed by atoms with E-state index in [4.69, 9.17) is 4.74 Å². The Balaban J connectivity index is 1.99. The summed E-state index contributed by atoms with van der Waals surface area (Å²) in [6.45, 7) is 0.462. The molecule has 0 saturated carbocycles.